The minimum absolute atomic E-state index is 0.582. The molecule has 1 aromatic rings. The van der Waals surface area contributed by atoms with E-state index < -0.39 is 0 Å². The van der Waals surface area contributed by atoms with Crippen LogP contribution in [0.15, 0.2) is 24.8 Å². The Morgan fingerprint density at radius 3 is 2.83 bits per heavy atom. The summed E-state index contributed by atoms with van der Waals surface area (Å²) in [6.45, 7) is 7.48. The zero-order valence-electron chi connectivity index (χ0n) is 11.2. The van der Waals surface area contributed by atoms with Gasteiger partial charge in [-0.05, 0) is 37.0 Å². The molecular formula is C15H23N3. The lowest BCUT2D eigenvalue weighted by Crippen LogP contribution is -2.27. The Labute approximate surface area is 110 Å². The molecule has 0 aliphatic heterocycles. The lowest BCUT2D eigenvalue weighted by Gasteiger charge is -2.23. The van der Waals surface area contributed by atoms with Gasteiger partial charge in [-0.2, -0.15) is 0 Å². The summed E-state index contributed by atoms with van der Waals surface area (Å²) in [5.74, 6) is 1.07. The molecule has 18 heavy (non-hydrogen) atoms. The van der Waals surface area contributed by atoms with Gasteiger partial charge in [0.1, 0.15) is 5.82 Å². The highest BCUT2D eigenvalue weighted by molar-refractivity contribution is 5.46. The molecule has 0 spiro atoms. The van der Waals surface area contributed by atoms with Gasteiger partial charge in [-0.25, -0.2) is 4.98 Å². The van der Waals surface area contributed by atoms with Crippen molar-refractivity contribution in [2.24, 2.45) is 5.73 Å². The molecule has 1 fully saturated rings. The first-order valence-electron chi connectivity index (χ1n) is 6.86. The van der Waals surface area contributed by atoms with Crippen molar-refractivity contribution in [3.63, 3.8) is 0 Å². The van der Waals surface area contributed by atoms with E-state index in [0.717, 1.165) is 30.9 Å². The number of hydrogen-bond donors (Lipinski definition) is 1. The van der Waals surface area contributed by atoms with Crippen LogP contribution in [0.3, 0.4) is 0 Å². The average Bonchev–Trinajstić information content (AvgIpc) is 3.20. The smallest absolute Gasteiger partial charge is 0.129 e. The van der Waals surface area contributed by atoms with Gasteiger partial charge in [-0.3, -0.25) is 0 Å². The fourth-order valence-corrected chi connectivity index (χ4v) is 2.24. The highest BCUT2D eigenvalue weighted by atomic mass is 15.2. The summed E-state index contributed by atoms with van der Waals surface area (Å²) in [5, 5.41) is 0. The van der Waals surface area contributed by atoms with Gasteiger partial charge in [0, 0.05) is 24.8 Å². The number of aromatic nitrogens is 1. The predicted octanol–water partition coefficient (Wildman–Crippen LogP) is 2.65. The van der Waals surface area contributed by atoms with Crippen molar-refractivity contribution < 1.29 is 0 Å². The third-order valence-electron chi connectivity index (χ3n) is 3.27. The van der Waals surface area contributed by atoms with E-state index in [2.05, 4.69) is 30.5 Å². The maximum absolute atomic E-state index is 5.78. The minimum Gasteiger partial charge on any atom is -0.350 e. The fraction of sp³-hybridized carbons (Fsp3) is 0.533. The summed E-state index contributed by atoms with van der Waals surface area (Å²) in [6, 6.07) is 4.91. The van der Waals surface area contributed by atoms with Crippen LogP contribution in [0, 0.1) is 0 Å². The van der Waals surface area contributed by atoms with E-state index in [1.165, 1.54) is 18.4 Å². The Balaban J connectivity index is 2.28. The van der Waals surface area contributed by atoms with Gasteiger partial charge in [0.05, 0.1) is 0 Å². The zero-order valence-corrected chi connectivity index (χ0v) is 11.2. The van der Waals surface area contributed by atoms with Crippen molar-refractivity contribution in [1.82, 2.24) is 4.98 Å². The second-order valence-electron chi connectivity index (χ2n) is 4.95. The summed E-state index contributed by atoms with van der Waals surface area (Å²) in [6.07, 6.45) is 6.63. The van der Waals surface area contributed by atoms with Gasteiger partial charge < -0.3 is 10.6 Å². The van der Waals surface area contributed by atoms with Gasteiger partial charge in [0.15, 0.2) is 0 Å². The molecule has 0 saturated heterocycles. The van der Waals surface area contributed by atoms with Crippen LogP contribution in [-0.4, -0.2) is 17.6 Å². The summed E-state index contributed by atoms with van der Waals surface area (Å²) >= 11 is 0. The van der Waals surface area contributed by atoms with Crippen molar-refractivity contribution >= 4 is 5.82 Å². The van der Waals surface area contributed by atoms with Gasteiger partial charge in [-0.15, -0.1) is 6.58 Å². The van der Waals surface area contributed by atoms with E-state index in [0.29, 0.717) is 12.6 Å². The molecule has 1 heterocycles. The molecule has 2 N–H and O–H groups in total. The van der Waals surface area contributed by atoms with Crippen LogP contribution in [0.1, 0.15) is 37.4 Å². The number of nitrogens with zero attached hydrogens (tertiary/aromatic N) is 2. The highest BCUT2D eigenvalue weighted by Gasteiger charge is 2.29. The van der Waals surface area contributed by atoms with Crippen LogP contribution in [0.2, 0.25) is 0 Å². The molecule has 1 aliphatic carbocycles. The van der Waals surface area contributed by atoms with Crippen LogP contribution in [0.4, 0.5) is 5.82 Å². The Hall–Kier alpha value is -1.35. The van der Waals surface area contributed by atoms with E-state index in [1.807, 2.05) is 6.08 Å². The molecule has 1 aromatic heterocycles. The maximum Gasteiger partial charge on any atom is 0.129 e. The van der Waals surface area contributed by atoms with Crippen molar-refractivity contribution in [2.75, 3.05) is 11.4 Å². The summed E-state index contributed by atoms with van der Waals surface area (Å²) in [4.78, 5) is 7.13. The largest absolute Gasteiger partial charge is 0.350 e. The Morgan fingerprint density at radius 2 is 2.28 bits per heavy atom. The normalized spacial score (nSPS) is 14.6. The van der Waals surface area contributed by atoms with Crippen LogP contribution in [0.5, 0.6) is 0 Å². The zero-order chi connectivity index (χ0) is 13.0. The van der Waals surface area contributed by atoms with E-state index in [1.54, 1.807) is 0 Å². The molecule has 0 bridgehead atoms. The quantitative estimate of drug-likeness (QED) is 0.751. The van der Waals surface area contributed by atoms with Crippen molar-refractivity contribution in [2.45, 2.75) is 45.2 Å². The van der Waals surface area contributed by atoms with Gasteiger partial charge in [0.25, 0.3) is 0 Å². The number of aryl methyl sites for hydroxylation is 1. The molecule has 0 atom stereocenters. The molecule has 3 heteroatoms. The molecule has 2 rings (SSSR count). The van der Waals surface area contributed by atoms with Crippen LogP contribution >= 0.6 is 0 Å². The lowest BCUT2D eigenvalue weighted by atomic mass is 10.1. The van der Waals surface area contributed by atoms with Crippen LogP contribution in [0.25, 0.3) is 0 Å². The van der Waals surface area contributed by atoms with Crippen molar-refractivity contribution in [1.29, 1.82) is 0 Å². The predicted molar refractivity (Wildman–Crippen MR) is 76.7 cm³/mol. The molecular weight excluding hydrogens is 222 g/mol. The Morgan fingerprint density at radius 1 is 1.50 bits per heavy atom. The van der Waals surface area contributed by atoms with E-state index in [-0.39, 0.29) is 0 Å². The Bertz CT molecular complexity index is 410. The summed E-state index contributed by atoms with van der Waals surface area (Å²) in [7, 11) is 0. The number of hydrogen-bond acceptors (Lipinski definition) is 3. The van der Waals surface area contributed by atoms with E-state index in [9.17, 15) is 0 Å². The van der Waals surface area contributed by atoms with Crippen molar-refractivity contribution in [3.05, 3.63) is 36.0 Å². The molecule has 1 aliphatic rings. The van der Waals surface area contributed by atoms with Gasteiger partial charge >= 0.3 is 0 Å². The lowest BCUT2D eigenvalue weighted by molar-refractivity contribution is 0.813. The topological polar surface area (TPSA) is 42.1 Å². The number of anilines is 1. The monoisotopic (exact) mass is 245 g/mol. The molecule has 0 radical (unpaired) electrons. The van der Waals surface area contributed by atoms with Crippen molar-refractivity contribution in [3.8, 4) is 0 Å². The van der Waals surface area contributed by atoms with Crippen LogP contribution in [-0.2, 0) is 13.0 Å². The fourth-order valence-electron chi connectivity index (χ4n) is 2.24. The standard InChI is InChI=1S/C15H23N3/c1-3-5-13-9-12(11-16)10-15(17-13)18(8-4-2)14-6-7-14/h4,9-10,14H,2-3,5-8,11,16H2,1H3. The first kappa shape index (κ1) is 13.1. The molecule has 98 valence electrons. The van der Waals surface area contributed by atoms with E-state index >= 15 is 0 Å². The molecule has 0 aromatic carbocycles. The second kappa shape index (κ2) is 6.01. The number of nitrogens with two attached hydrogens (primary N) is 1. The first-order valence-corrected chi connectivity index (χ1v) is 6.86. The van der Waals surface area contributed by atoms with Gasteiger partial charge in [-0.1, -0.05) is 19.4 Å². The van der Waals surface area contributed by atoms with E-state index in [4.69, 9.17) is 10.7 Å². The highest BCUT2D eigenvalue weighted by Crippen LogP contribution is 2.31. The average molecular weight is 245 g/mol. The first-order chi connectivity index (χ1) is 8.78. The second-order valence-corrected chi connectivity index (χ2v) is 4.95. The summed E-state index contributed by atoms with van der Waals surface area (Å²) in [5.41, 5.74) is 8.12. The summed E-state index contributed by atoms with van der Waals surface area (Å²) < 4.78 is 0. The molecule has 1 saturated carbocycles. The van der Waals surface area contributed by atoms with Crippen LogP contribution < -0.4 is 10.6 Å². The Kier molecular flexibility index (Phi) is 4.37. The third kappa shape index (κ3) is 3.10. The minimum atomic E-state index is 0.582. The number of rotatable bonds is 7. The number of pyridine rings is 1. The third-order valence-corrected chi connectivity index (χ3v) is 3.27. The maximum atomic E-state index is 5.78. The SMILES string of the molecule is C=CCN(c1cc(CN)cc(CCC)n1)C1CC1. The molecule has 0 amide bonds. The van der Waals surface area contributed by atoms with Gasteiger partial charge in [0.2, 0.25) is 0 Å². The molecule has 3 nitrogen and oxygen atoms in total. The molecule has 0 unspecified atom stereocenters.